The summed E-state index contributed by atoms with van der Waals surface area (Å²) >= 11 is 6.12. The van der Waals surface area contributed by atoms with Crippen molar-refractivity contribution in [3.8, 4) is 11.5 Å². The van der Waals surface area contributed by atoms with E-state index in [-0.39, 0.29) is 5.91 Å². The minimum atomic E-state index is -0.596. The highest BCUT2D eigenvalue weighted by Crippen LogP contribution is 2.35. The number of aryl methyl sites for hydroxylation is 1. The number of hydrogen-bond donors (Lipinski definition) is 2. The molecule has 2 aromatic rings. The van der Waals surface area contributed by atoms with E-state index < -0.39 is 12.1 Å². The van der Waals surface area contributed by atoms with Crippen LogP contribution in [0.25, 0.3) is 0 Å². The molecule has 3 rings (SSSR count). The number of hydrogen-bond acceptors (Lipinski definition) is 4. The summed E-state index contributed by atoms with van der Waals surface area (Å²) in [6, 6.07) is 9.72. The number of ether oxygens (including phenoxy) is 2. The summed E-state index contributed by atoms with van der Waals surface area (Å²) in [6.07, 6.45) is 0.528. The lowest BCUT2D eigenvalue weighted by Gasteiger charge is -2.18. The van der Waals surface area contributed by atoms with Crippen LogP contribution in [0.15, 0.2) is 36.4 Å². The molecule has 2 aromatic carbocycles. The highest BCUT2D eigenvalue weighted by atomic mass is 35.5. The summed E-state index contributed by atoms with van der Waals surface area (Å²) < 4.78 is 10.4. The fourth-order valence-electron chi connectivity index (χ4n) is 3.07. The summed E-state index contributed by atoms with van der Waals surface area (Å²) in [5.74, 6) is 0.693. The molecule has 7 nitrogen and oxygen atoms in total. The standard InChI is InChI=1S/C20H22ClN3O4/c1-12-4-6-13(7-5-12)24-9-8-15(19(24)25)22-20(26)23-16-10-14(21)17(27-2)11-18(16)28-3/h4-7,10-11,15H,8-9H2,1-3H3,(H2,22,23,26)/t15-/m0/s1. The first-order chi connectivity index (χ1) is 13.4. The molecule has 1 heterocycles. The Balaban J connectivity index is 1.66. The largest absolute Gasteiger partial charge is 0.495 e. The third-order valence-electron chi connectivity index (χ3n) is 4.58. The maximum atomic E-state index is 12.7. The molecule has 148 valence electrons. The number of carbonyl (C=O) groups is 2. The molecule has 0 saturated carbocycles. The number of halogens is 1. The van der Waals surface area contributed by atoms with Crippen LogP contribution in [0.2, 0.25) is 5.02 Å². The molecule has 0 spiro atoms. The van der Waals surface area contributed by atoms with Gasteiger partial charge in [0.2, 0.25) is 5.91 Å². The molecule has 8 heteroatoms. The predicted molar refractivity (Wildman–Crippen MR) is 109 cm³/mol. The first kappa shape index (κ1) is 19.8. The molecule has 0 aromatic heterocycles. The molecule has 3 amide bonds. The number of urea groups is 1. The molecule has 0 unspecified atom stereocenters. The number of methoxy groups -OCH3 is 2. The van der Waals surface area contributed by atoms with Crippen molar-refractivity contribution in [1.29, 1.82) is 0 Å². The van der Waals surface area contributed by atoms with Gasteiger partial charge in [0.15, 0.2) is 0 Å². The van der Waals surface area contributed by atoms with Crippen LogP contribution in [0.3, 0.4) is 0 Å². The van der Waals surface area contributed by atoms with Crippen molar-refractivity contribution in [2.75, 3.05) is 31.0 Å². The molecular weight excluding hydrogens is 382 g/mol. The van der Waals surface area contributed by atoms with Crippen LogP contribution >= 0.6 is 11.6 Å². The Labute approximate surface area is 168 Å². The molecule has 2 N–H and O–H groups in total. The van der Waals surface area contributed by atoms with E-state index in [0.717, 1.165) is 11.3 Å². The van der Waals surface area contributed by atoms with E-state index in [1.165, 1.54) is 20.3 Å². The van der Waals surface area contributed by atoms with Crippen molar-refractivity contribution in [2.24, 2.45) is 0 Å². The summed E-state index contributed by atoms with van der Waals surface area (Å²) in [5.41, 5.74) is 2.33. The van der Waals surface area contributed by atoms with Gasteiger partial charge in [0.25, 0.3) is 0 Å². The van der Waals surface area contributed by atoms with Crippen LogP contribution in [0.4, 0.5) is 16.2 Å². The number of carbonyl (C=O) groups excluding carboxylic acids is 2. The van der Waals surface area contributed by atoms with Crippen LogP contribution in [0, 0.1) is 6.92 Å². The Morgan fingerprint density at radius 3 is 2.46 bits per heavy atom. The van der Waals surface area contributed by atoms with Crippen molar-refractivity contribution in [2.45, 2.75) is 19.4 Å². The molecule has 1 atom stereocenters. The number of benzene rings is 2. The van der Waals surface area contributed by atoms with Gasteiger partial charge in [0.05, 0.1) is 24.9 Å². The number of rotatable bonds is 5. The highest BCUT2D eigenvalue weighted by molar-refractivity contribution is 6.32. The van der Waals surface area contributed by atoms with Gasteiger partial charge in [-0.1, -0.05) is 29.3 Å². The van der Waals surface area contributed by atoms with E-state index >= 15 is 0 Å². The zero-order valence-electron chi connectivity index (χ0n) is 15.9. The highest BCUT2D eigenvalue weighted by Gasteiger charge is 2.33. The van der Waals surface area contributed by atoms with E-state index in [9.17, 15) is 9.59 Å². The summed E-state index contributed by atoms with van der Waals surface area (Å²) in [5, 5.41) is 5.73. The quantitative estimate of drug-likeness (QED) is 0.799. The number of nitrogens with one attached hydrogen (secondary N) is 2. The zero-order chi connectivity index (χ0) is 20.3. The van der Waals surface area contributed by atoms with Crippen molar-refractivity contribution in [3.05, 3.63) is 47.0 Å². The fourth-order valence-corrected chi connectivity index (χ4v) is 3.31. The average Bonchev–Trinajstić information content (AvgIpc) is 3.03. The zero-order valence-corrected chi connectivity index (χ0v) is 16.7. The minimum absolute atomic E-state index is 0.140. The van der Waals surface area contributed by atoms with Gasteiger partial charge in [0.1, 0.15) is 17.5 Å². The minimum Gasteiger partial charge on any atom is -0.495 e. The molecule has 0 aliphatic carbocycles. The lowest BCUT2D eigenvalue weighted by molar-refractivity contribution is -0.118. The van der Waals surface area contributed by atoms with Gasteiger partial charge in [0, 0.05) is 18.3 Å². The van der Waals surface area contributed by atoms with Crippen molar-refractivity contribution in [3.63, 3.8) is 0 Å². The van der Waals surface area contributed by atoms with Gasteiger partial charge in [-0.25, -0.2) is 4.79 Å². The van der Waals surface area contributed by atoms with Gasteiger partial charge >= 0.3 is 6.03 Å². The van der Waals surface area contributed by atoms with E-state index in [4.69, 9.17) is 21.1 Å². The topological polar surface area (TPSA) is 79.9 Å². The monoisotopic (exact) mass is 403 g/mol. The van der Waals surface area contributed by atoms with E-state index in [1.807, 2.05) is 31.2 Å². The SMILES string of the molecule is COc1cc(OC)c(NC(=O)N[C@H]2CCN(c3ccc(C)cc3)C2=O)cc1Cl. The lowest BCUT2D eigenvalue weighted by atomic mass is 10.2. The maximum absolute atomic E-state index is 12.7. The van der Waals surface area contributed by atoms with Crippen molar-refractivity contribution in [1.82, 2.24) is 5.32 Å². The third-order valence-corrected chi connectivity index (χ3v) is 4.87. The fraction of sp³-hybridized carbons (Fsp3) is 0.300. The second kappa shape index (κ2) is 8.39. The first-order valence-electron chi connectivity index (χ1n) is 8.80. The third kappa shape index (κ3) is 4.14. The van der Waals surface area contributed by atoms with Crippen LogP contribution in [-0.4, -0.2) is 38.7 Å². The molecule has 0 bridgehead atoms. The Morgan fingerprint density at radius 2 is 1.82 bits per heavy atom. The number of anilines is 2. The van der Waals surface area contributed by atoms with Gasteiger partial charge < -0.3 is 25.0 Å². The molecule has 1 fully saturated rings. The maximum Gasteiger partial charge on any atom is 0.319 e. The summed E-state index contributed by atoms with van der Waals surface area (Å²) in [6.45, 7) is 2.54. The van der Waals surface area contributed by atoms with Crippen LogP contribution in [0.1, 0.15) is 12.0 Å². The summed E-state index contributed by atoms with van der Waals surface area (Å²) in [4.78, 5) is 26.7. The Bertz CT molecular complexity index is 886. The normalized spacial score (nSPS) is 16.1. The Morgan fingerprint density at radius 1 is 1.14 bits per heavy atom. The molecule has 1 aliphatic rings. The van der Waals surface area contributed by atoms with Crippen LogP contribution in [0.5, 0.6) is 11.5 Å². The summed E-state index contributed by atoms with van der Waals surface area (Å²) in [7, 11) is 2.97. The van der Waals surface area contributed by atoms with Gasteiger partial charge in [-0.05, 0) is 31.5 Å². The molecule has 1 aliphatic heterocycles. The van der Waals surface area contributed by atoms with Crippen molar-refractivity contribution < 1.29 is 19.1 Å². The molecule has 1 saturated heterocycles. The second-order valence-corrected chi connectivity index (χ2v) is 6.86. The van der Waals surface area contributed by atoms with E-state index in [2.05, 4.69) is 10.6 Å². The van der Waals surface area contributed by atoms with Crippen molar-refractivity contribution >= 4 is 34.9 Å². The lowest BCUT2D eigenvalue weighted by Crippen LogP contribution is -2.43. The number of nitrogens with zero attached hydrogens (tertiary/aromatic N) is 1. The smallest absolute Gasteiger partial charge is 0.319 e. The Kier molecular flexibility index (Phi) is 5.94. The first-order valence-corrected chi connectivity index (χ1v) is 9.18. The van der Waals surface area contributed by atoms with Crippen LogP contribution in [-0.2, 0) is 4.79 Å². The van der Waals surface area contributed by atoms with Gasteiger partial charge in [-0.15, -0.1) is 0 Å². The van der Waals surface area contributed by atoms with Crippen LogP contribution < -0.4 is 25.0 Å². The predicted octanol–water partition coefficient (Wildman–Crippen LogP) is 3.59. The molecule has 28 heavy (non-hydrogen) atoms. The van der Waals surface area contributed by atoms with E-state index in [1.54, 1.807) is 11.0 Å². The molecular formula is C20H22ClN3O4. The Hall–Kier alpha value is -2.93. The molecule has 0 radical (unpaired) electrons. The van der Waals surface area contributed by atoms with Gasteiger partial charge in [-0.2, -0.15) is 0 Å². The average molecular weight is 404 g/mol. The number of amides is 3. The van der Waals surface area contributed by atoms with E-state index in [0.29, 0.717) is 35.2 Å². The second-order valence-electron chi connectivity index (χ2n) is 6.45. The van der Waals surface area contributed by atoms with Gasteiger partial charge in [-0.3, -0.25) is 4.79 Å².